The number of aromatic nitrogens is 5. The highest BCUT2D eigenvalue weighted by Gasteiger charge is 2.25. The Labute approximate surface area is 165 Å². The number of carbonyl (C=O) groups is 2. The van der Waals surface area contributed by atoms with E-state index < -0.39 is 17.9 Å². The molecule has 2 aromatic carbocycles. The molecule has 0 aliphatic carbocycles. The van der Waals surface area contributed by atoms with Gasteiger partial charge in [0.25, 0.3) is 5.91 Å². The molecule has 2 aromatic heterocycles. The fourth-order valence-electron chi connectivity index (χ4n) is 3.23. The van der Waals surface area contributed by atoms with Crippen LogP contribution in [0.4, 0.5) is 0 Å². The summed E-state index contributed by atoms with van der Waals surface area (Å²) < 4.78 is 6.30. The average molecular weight is 390 g/mol. The van der Waals surface area contributed by atoms with Gasteiger partial charge in [0.15, 0.2) is 0 Å². The predicted octanol–water partition coefficient (Wildman–Crippen LogP) is 1.66. The molecule has 4 rings (SSSR count). The van der Waals surface area contributed by atoms with Gasteiger partial charge in [-0.1, -0.05) is 30.3 Å². The van der Waals surface area contributed by atoms with Gasteiger partial charge in [-0.3, -0.25) is 4.79 Å². The number of amides is 1. The van der Waals surface area contributed by atoms with E-state index >= 15 is 0 Å². The number of fused-ring (bicyclic) bond motifs is 1. The summed E-state index contributed by atoms with van der Waals surface area (Å²) in [6.45, 7) is 0. The molecule has 146 valence electrons. The topological polar surface area (TPSA) is 115 Å². The highest BCUT2D eigenvalue weighted by molar-refractivity contribution is 6.00. The van der Waals surface area contributed by atoms with Gasteiger partial charge in [-0.25, -0.2) is 4.79 Å². The van der Waals surface area contributed by atoms with Crippen molar-refractivity contribution in [2.75, 3.05) is 7.11 Å². The summed E-state index contributed by atoms with van der Waals surface area (Å²) in [6, 6.07) is 13.8. The molecule has 0 bridgehead atoms. The third kappa shape index (κ3) is 3.70. The number of aromatic amines is 1. The summed E-state index contributed by atoms with van der Waals surface area (Å²) in [6.07, 6.45) is 3.52. The van der Waals surface area contributed by atoms with Crippen molar-refractivity contribution in [2.45, 2.75) is 12.5 Å². The molecule has 0 unspecified atom stereocenters. The first-order chi connectivity index (χ1) is 14.2. The number of nitrogens with one attached hydrogen (secondary N) is 2. The Bertz CT molecular complexity index is 1150. The van der Waals surface area contributed by atoms with Crippen molar-refractivity contribution in [1.29, 1.82) is 0 Å². The number of para-hydroxylation sites is 2. The number of benzene rings is 2. The Hall–Kier alpha value is -4.01. The minimum absolute atomic E-state index is 0.287. The normalized spacial score (nSPS) is 11.9. The molecule has 0 aliphatic rings. The maximum absolute atomic E-state index is 13.0. The van der Waals surface area contributed by atoms with E-state index in [9.17, 15) is 9.59 Å². The number of hydrogen-bond donors (Lipinski definition) is 2. The number of ether oxygens (including phenoxy) is 1. The lowest BCUT2D eigenvalue weighted by atomic mass is 10.0. The number of methoxy groups -OCH3 is 1. The summed E-state index contributed by atoms with van der Waals surface area (Å²) in [5.41, 5.74) is 2.71. The summed E-state index contributed by atoms with van der Waals surface area (Å²) >= 11 is 0. The zero-order chi connectivity index (χ0) is 20.2. The van der Waals surface area contributed by atoms with Gasteiger partial charge in [-0.2, -0.15) is 4.68 Å². The minimum atomic E-state index is -0.853. The van der Waals surface area contributed by atoms with Crippen LogP contribution >= 0.6 is 0 Å². The van der Waals surface area contributed by atoms with E-state index in [1.54, 1.807) is 24.3 Å². The molecule has 9 heteroatoms. The quantitative estimate of drug-likeness (QED) is 0.484. The van der Waals surface area contributed by atoms with Crippen LogP contribution in [0.1, 0.15) is 15.9 Å². The van der Waals surface area contributed by atoms with E-state index in [0.717, 1.165) is 16.5 Å². The average Bonchev–Trinajstić information content (AvgIpc) is 3.43. The fraction of sp³-hybridized carbons (Fsp3) is 0.150. The molecule has 0 fully saturated rings. The zero-order valence-corrected chi connectivity index (χ0v) is 15.6. The second-order valence-electron chi connectivity index (χ2n) is 6.38. The van der Waals surface area contributed by atoms with Crippen molar-refractivity contribution in [2.24, 2.45) is 0 Å². The van der Waals surface area contributed by atoms with E-state index in [2.05, 4.69) is 25.8 Å². The molecular weight excluding hydrogens is 372 g/mol. The number of carbonyl (C=O) groups excluding carboxylic acids is 2. The number of nitrogens with zero attached hydrogens (tertiary/aromatic N) is 4. The monoisotopic (exact) mass is 390 g/mol. The second kappa shape index (κ2) is 7.93. The second-order valence-corrected chi connectivity index (χ2v) is 6.38. The van der Waals surface area contributed by atoms with Crippen molar-refractivity contribution >= 4 is 22.8 Å². The van der Waals surface area contributed by atoms with Crippen molar-refractivity contribution in [3.63, 3.8) is 0 Å². The van der Waals surface area contributed by atoms with Gasteiger partial charge >= 0.3 is 5.97 Å². The first-order valence-electron chi connectivity index (χ1n) is 8.93. The van der Waals surface area contributed by atoms with E-state index in [-0.39, 0.29) is 6.42 Å². The van der Waals surface area contributed by atoms with Crippen LogP contribution in [0, 0.1) is 0 Å². The van der Waals surface area contributed by atoms with Gasteiger partial charge in [0, 0.05) is 23.5 Å². The Morgan fingerprint density at radius 3 is 2.76 bits per heavy atom. The van der Waals surface area contributed by atoms with E-state index in [0.29, 0.717) is 11.3 Å². The van der Waals surface area contributed by atoms with Crippen LogP contribution in [-0.4, -0.2) is 50.2 Å². The summed E-state index contributed by atoms with van der Waals surface area (Å²) in [7, 11) is 1.30. The van der Waals surface area contributed by atoms with Crippen molar-refractivity contribution in [3.8, 4) is 5.69 Å². The molecule has 0 radical (unpaired) electrons. The van der Waals surface area contributed by atoms with Crippen LogP contribution in [0.25, 0.3) is 16.6 Å². The Morgan fingerprint density at radius 1 is 1.17 bits per heavy atom. The van der Waals surface area contributed by atoms with Crippen LogP contribution in [0.3, 0.4) is 0 Å². The number of hydrogen-bond acceptors (Lipinski definition) is 6. The van der Waals surface area contributed by atoms with Crippen LogP contribution in [-0.2, 0) is 16.0 Å². The molecule has 1 amide bonds. The lowest BCUT2D eigenvalue weighted by molar-refractivity contribution is -0.142. The number of esters is 1. The van der Waals surface area contributed by atoms with Gasteiger partial charge in [0.1, 0.15) is 12.4 Å². The molecule has 4 aromatic rings. The highest BCUT2D eigenvalue weighted by atomic mass is 16.5. The van der Waals surface area contributed by atoms with Crippen LogP contribution < -0.4 is 5.32 Å². The number of tetrazole rings is 1. The maximum atomic E-state index is 13.0. The third-order valence-electron chi connectivity index (χ3n) is 4.63. The number of H-pyrrole nitrogens is 1. The molecule has 0 saturated heterocycles. The molecule has 9 nitrogen and oxygen atoms in total. The van der Waals surface area contributed by atoms with E-state index in [1.165, 1.54) is 18.1 Å². The summed E-state index contributed by atoms with van der Waals surface area (Å²) in [4.78, 5) is 28.5. The van der Waals surface area contributed by atoms with Gasteiger partial charge in [-0.15, -0.1) is 5.10 Å². The van der Waals surface area contributed by atoms with E-state index in [4.69, 9.17) is 4.74 Å². The van der Waals surface area contributed by atoms with Gasteiger partial charge in [-0.05, 0) is 34.2 Å². The maximum Gasteiger partial charge on any atom is 0.328 e. The number of rotatable bonds is 6. The zero-order valence-electron chi connectivity index (χ0n) is 15.6. The third-order valence-corrected chi connectivity index (χ3v) is 4.63. The first-order valence-corrected chi connectivity index (χ1v) is 8.93. The molecular formula is C20H18N6O3. The Kier molecular flexibility index (Phi) is 5.02. The lowest BCUT2D eigenvalue weighted by Gasteiger charge is -2.17. The summed E-state index contributed by atoms with van der Waals surface area (Å²) in [5, 5.41) is 14.8. The largest absolute Gasteiger partial charge is 0.467 e. The van der Waals surface area contributed by atoms with Crippen LogP contribution in [0.5, 0.6) is 0 Å². The van der Waals surface area contributed by atoms with Crippen LogP contribution in [0.15, 0.2) is 61.1 Å². The minimum Gasteiger partial charge on any atom is -0.467 e. The molecule has 2 N–H and O–H groups in total. The Morgan fingerprint density at radius 2 is 1.97 bits per heavy atom. The smallest absolute Gasteiger partial charge is 0.328 e. The molecule has 0 aliphatic heterocycles. The Balaban J connectivity index is 1.61. The molecule has 0 spiro atoms. The van der Waals surface area contributed by atoms with Crippen molar-refractivity contribution < 1.29 is 14.3 Å². The predicted molar refractivity (Wildman–Crippen MR) is 104 cm³/mol. The lowest BCUT2D eigenvalue weighted by Crippen LogP contribution is -2.43. The van der Waals surface area contributed by atoms with Gasteiger partial charge < -0.3 is 15.0 Å². The van der Waals surface area contributed by atoms with Crippen molar-refractivity contribution in [1.82, 2.24) is 30.5 Å². The van der Waals surface area contributed by atoms with Gasteiger partial charge in [0.05, 0.1) is 18.4 Å². The SMILES string of the molecule is COC(=O)[C@@H](Cc1c[nH]c2ccccc12)NC(=O)c1ccccc1-n1cnnn1. The highest BCUT2D eigenvalue weighted by Crippen LogP contribution is 2.20. The molecule has 0 saturated carbocycles. The first kappa shape index (κ1) is 18.4. The molecule has 1 atom stereocenters. The van der Waals surface area contributed by atoms with Crippen molar-refractivity contribution in [3.05, 3.63) is 72.2 Å². The van der Waals surface area contributed by atoms with Crippen LogP contribution in [0.2, 0.25) is 0 Å². The summed E-state index contributed by atoms with van der Waals surface area (Å²) in [5.74, 6) is -0.949. The molecule has 29 heavy (non-hydrogen) atoms. The molecule has 2 heterocycles. The van der Waals surface area contributed by atoms with E-state index in [1.807, 2.05) is 30.5 Å². The van der Waals surface area contributed by atoms with Gasteiger partial charge in [0.2, 0.25) is 0 Å². The standard InChI is InChI=1S/C20H18N6O3/c1-29-20(28)17(10-13-11-21-16-8-4-2-6-14(13)16)23-19(27)15-7-3-5-9-18(15)26-12-22-24-25-26/h2-9,11-12,17,21H,10H2,1H3,(H,23,27)/t17-/m1/s1. The fourth-order valence-corrected chi connectivity index (χ4v) is 3.23.